The zero-order valence-corrected chi connectivity index (χ0v) is 12.6. The first-order valence-electron chi connectivity index (χ1n) is 7.79. The van der Waals surface area contributed by atoms with Gasteiger partial charge in [-0.3, -0.25) is 9.69 Å². The van der Waals surface area contributed by atoms with Crippen LogP contribution >= 0.6 is 0 Å². The van der Waals surface area contributed by atoms with Gasteiger partial charge >= 0.3 is 5.97 Å². The highest BCUT2D eigenvalue weighted by atomic mass is 19.1. The van der Waals surface area contributed by atoms with Crippen LogP contribution in [0.15, 0.2) is 24.3 Å². The van der Waals surface area contributed by atoms with Gasteiger partial charge in [-0.05, 0) is 43.0 Å². The molecule has 1 unspecified atom stereocenters. The topological polar surface area (TPSA) is 40.5 Å². The van der Waals surface area contributed by atoms with Crippen molar-refractivity contribution in [3.8, 4) is 0 Å². The predicted molar refractivity (Wildman–Crippen MR) is 80.4 cm³/mol. The number of hydrogen-bond acceptors (Lipinski definition) is 2. The first kappa shape index (κ1) is 16.0. The summed E-state index contributed by atoms with van der Waals surface area (Å²) in [5.41, 5.74) is 1.08. The van der Waals surface area contributed by atoms with Crippen LogP contribution in [0.5, 0.6) is 0 Å². The van der Waals surface area contributed by atoms with Crippen molar-refractivity contribution in [2.24, 2.45) is 11.8 Å². The molecular weight excluding hydrogens is 269 g/mol. The Balaban J connectivity index is 1.89. The first-order valence-corrected chi connectivity index (χ1v) is 7.79. The van der Waals surface area contributed by atoms with Crippen molar-refractivity contribution in [3.05, 3.63) is 35.6 Å². The number of aliphatic carboxylic acids is 1. The van der Waals surface area contributed by atoms with Gasteiger partial charge in [0.25, 0.3) is 0 Å². The van der Waals surface area contributed by atoms with E-state index < -0.39 is 5.97 Å². The number of unbranched alkanes of at least 4 members (excludes halogenated alkanes) is 1. The summed E-state index contributed by atoms with van der Waals surface area (Å²) in [6.07, 6.45) is 3.74. The quantitative estimate of drug-likeness (QED) is 0.836. The normalized spacial score (nSPS) is 20.6. The van der Waals surface area contributed by atoms with Crippen molar-refractivity contribution in [2.45, 2.75) is 39.2 Å². The molecule has 1 heterocycles. The maximum atomic E-state index is 12.9. The second-order valence-corrected chi connectivity index (χ2v) is 6.00. The first-order chi connectivity index (χ1) is 10.1. The summed E-state index contributed by atoms with van der Waals surface area (Å²) in [6, 6.07) is 6.55. The molecule has 1 aromatic carbocycles. The van der Waals surface area contributed by atoms with Crippen molar-refractivity contribution in [1.29, 1.82) is 0 Å². The minimum absolute atomic E-state index is 0.219. The fourth-order valence-corrected chi connectivity index (χ4v) is 3.17. The molecule has 0 aromatic heterocycles. The number of nitrogens with zero attached hydrogens (tertiary/aromatic N) is 1. The summed E-state index contributed by atoms with van der Waals surface area (Å²) in [5.74, 6) is -0.849. The summed E-state index contributed by atoms with van der Waals surface area (Å²) >= 11 is 0. The highest BCUT2D eigenvalue weighted by Crippen LogP contribution is 2.29. The maximum Gasteiger partial charge on any atom is 0.306 e. The SMILES string of the molecule is CCCCC(C(=O)O)[C@@H]1CCN(Cc2ccc(F)cc2)C1. The van der Waals surface area contributed by atoms with E-state index in [1.807, 2.05) is 0 Å². The molecular formula is C17H24FNO2. The van der Waals surface area contributed by atoms with Crippen LogP contribution in [0.4, 0.5) is 4.39 Å². The molecule has 1 aromatic rings. The van der Waals surface area contributed by atoms with Gasteiger partial charge in [0, 0.05) is 13.1 Å². The molecule has 21 heavy (non-hydrogen) atoms. The Labute approximate surface area is 125 Å². The van der Waals surface area contributed by atoms with E-state index in [1.54, 1.807) is 12.1 Å². The van der Waals surface area contributed by atoms with Gasteiger partial charge in [0.15, 0.2) is 0 Å². The highest BCUT2D eigenvalue weighted by molar-refractivity contribution is 5.70. The van der Waals surface area contributed by atoms with Crippen LogP contribution in [0.25, 0.3) is 0 Å². The highest BCUT2D eigenvalue weighted by Gasteiger charge is 2.33. The molecule has 0 radical (unpaired) electrons. The van der Waals surface area contributed by atoms with Gasteiger partial charge < -0.3 is 5.11 Å². The van der Waals surface area contributed by atoms with Gasteiger partial charge in [-0.25, -0.2) is 4.39 Å². The lowest BCUT2D eigenvalue weighted by atomic mass is 9.87. The molecule has 1 N–H and O–H groups in total. The number of rotatable bonds is 7. The molecule has 1 aliphatic heterocycles. The minimum atomic E-state index is -0.655. The smallest absolute Gasteiger partial charge is 0.306 e. The van der Waals surface area contributed by atoms with Crippen LogP contribution in [0.3, 0.4) is 0 Å². The van der Waals surface area contributed by atoms with E-state index in [1.165, 1.54) is 12.1 Å². The number of carbonyl (C=O) groups is 1. The molecule has 0 amide bonds. The van der Waals surface area contributed by atoms with Crippen molar-refractivity contribution in [2.75, 3.05) is 13.1 Å². The van der Waals surface area contributed by atoms with Crippen molar-refractivity contribution >= 4 is 5.97 Å². The number of carboxylic acids is 1. The van der Waals surface area contributed by atoms with Crippen LogP contribution in [0, 0.1) is 17.7 Å². The zero-order chi connectivity index (χ0) is 15.2. The van der Waals surface area contributed by atoms with E-state index in [0.29, 0.717) is 0 Å². The van der Waals surface area contributed by atoms with E-state index in [-0.39, 0.29) is 17.7 Å². The van der Waals surface area contributed by atoms with Gasteiger partial charge in [-0.1, -0.05) is 31.9 Å². The van der Waals surface area contributed by atoms with Gasteiger partial charge in [0.05, 0.1) is 5.92 Å². The summed E-state index contributed by atoms with van der Waals surface area (Å²) < 4.78 is 12.9. The van der Waals surface area contributed by atoms with Crippen LogP contribution in [-0.4, -0.2) is 29.1 Å². The molecule has 0 saturated carbocycles. The van der Waals surface area contributed by atoms with E-state index >= 15 is 0 Å². The maximum absolute atomic E-state index is 12.9. The molecule has 0 bridgehead atoms. The molecule has 2 rings (SSSR count). The summed E-state index contributed by atoms with van der Waals surface area (Å²) in [4.78, 5) is 13.7. The second-order valence-electron chi connectivity index (χ2n) is 6.00. The number of halogens is 1. The molecule has 2 atom stereocenters. The predicted octanol–water partition coefficient (Wildman–Crippen LogP) is 3.54. The molecule has 0 aliphatic carbocycles. The molecule has 4 heteroatoms. The summed E-state index contributed by atoms with van der Waals surface area (Å²) in [6.45, 7) is 4.63. The molecule has 1 aliphatic rings. The Bertz CT molecular complexity index is 460. The summed E-state index contributed by atoms with van der Waals surface area (Å²) in [5, 5.41) is 9.41. The third-order valence-electron chi connectivity index (χ3n) is 4.38. The van der Waals surface area contributed by atoms with Gasteiger partial charge in [-0.2, -0.15) is 0 Å². The van der Waals surface area contributed by atoms with Gasteiger partial charge in [-0.15, -0.1) is 0 Å². The van der Waals surface area contributed by atoms with Crippen LogP contribution in [-0.2, 0) is 11.3 Å². The van der Waals surface area contributed by atoms with E-state index in [9.17, 15) is 14.3 Å². The lowest BCUT2D eigenvalue weighted by Crippen LogP contribution is -2.27. The van der Waals surface area contributed by atoms with E-state index in [0.717, 1.165) is 50.9 Å². The van der Waals surface area contributed by atoms with Crippen LogP contribution in [0.1, 0.15) is 38.2 Å². The van der Waals surface area contributed by atoms with E-state index in [4.69, 9.17) is 0 Å². The van der Waals surface area contributed by atoms with Gasteiger partial charge in [0.2, 0.25) is 0 Å². The average Bonchev–Trinajstić information content (AvgIpc) is 2.90. The fraction of sp³-hybridized carbons (Fsp3) is 0.588. The number of hydrogen-bond donors (Lipinski definition) is 1. The Morgan fingerprint density at radius 2 is 2.14 bits per heavy atom. The Morgan fingerprint density at radius 1 is 1.43 bits per heavy atom. The lowest BCUT2D eigenvalue weighted by molar-refractivity contribution is -0.143. The number of likely N-dealkylation sites (tertiary alicyclic amines) is 1. The van der Waals surface area contributed by atoms with Crippen LogP contribution < -0.4 is 0 Å². The van der Waals surface area contributed by atoms with Crippen molar-refractivity contribution < 1.29 is 14.3 Å². The molecule has 3 nitrogen and oxygen atoms in total. The average molecular weight is 293 g/mol. The van der Waals surface area contributed by atoms with Gasteiger partial charge in [0.1, 0.15) is 5.82 Å². The Morgan fingerprint density at radius 3 is 2.76 bits per heavy atom. The second kappa shape index (κ2) is 7.55. The third kappa shape index (κ3) is 4.53. The zero-order valence-electron chi connectivity index (χ0n) is 12.6. The Kier molecular flexibility index (Phi) is 5.74. The number of carboxylic acid groups (broad SMARTS) is 1. The monoisotopic (exact) mass is 293 g/mol. The molecule has 116 valence electrons. The van der Waals surface area contributed by atoms with E-state index in [2.05, 4.69) is 11.8 Å². The Hall–Kier alpha value is -1.42. The fourth-order valence-electron chi connectivity index (χ4n) is 3.17. The molecule has 1 fully saturated rings. The molecule has 0 spiro atoms. The number of benzene rings is 1. The summed E-state index contributed by atoms with van der Waals surface area (Å²) in [7, 11) is 0. The molecule has 1 saturated heterocycles. The van der Waals surface area contributed by atoms with Crippen molar-refractivity contribution in [3.63, 3.8) is 0 Å². The lowest BCUT2D eigenvalue weighted by Gasteiger charge is -2.20. The van der Waals surface area contributed by atoms with Crippen LogP contribution in [0.2, 0.25) is 0 Å². The standard InChI is InChI=1S/C17H24FNO2/c1-2-3-4-16(17(20)21)14-9-10-19(12-14)11-13-5-7-15(18)8-6-13/h5-8,14,16H,2-4,9-12H2,1H3,(H,20,21)/t14-,16?/m1/s1. The third-order valence-corrected chi connectivity index (χ3v) is 4.38. The van der Waals surface area contributed by atoms with Crippen molar-refractivity contribution in [1.82, 2.24) is 4.90 Å². The minimum Gasteiger partial charge on any atom is -0.481 e. The largest absolute Gasteiger partial charge is 0.481 e.